The summed E-state index contributed by atoms with van der Waals surface area (Å²) in [7, 11) is -6.71. The van der Waals surface area contributed by atoms with E-state index in [1.165, 1.54) is 47.1 Å². The molecule has 8 heteroatoms. The zero-order valence-corrected chi connectivity index (χ0v) is 22.9. The number of aliphatic hydroxyl groups is 1. The molecule has 0 aliphatic carbocycles. The average Bonchev–Trinajstić information content (AvgIpc) is 2.95. The molecule has 1 unspecified atom stereocenters. The first-order valence-electron chi connectivity index (χ1n) is 12.3. The normalized spacial score (nSPS) is 13.0. The van der Waals surface area contributed by atoms with Crippen LogP contribution < -0.4 is 15.9 Å². The van der Waals surface area contributed by atoms with Crippen LogP contribution in [0.25, 0.3) is 0 Å². The Morgan fingerprint density at radius 3 is 1.63 bits per heavy atom. The first-order chi connectivity index (χ1) is 18.3. The van der Waals surface area contributed by atoms with Gasteiger partial charge in [0.1, 0.15) is 0 Å². The molecule has 38 heavy (non-hydrogen) atoms. The quantitative estimate of drug-likeness (QED) is 0.174. The fourth-order valence-corrected chi connectivity index (χ4v) is 10.1. The molecule has 198 valence electrons. The van der Waals surface area contributed by atoms with Gasteiger partial charge in [-0.05, 0) is 6.92 Å². The molecular weight excluding hydrogens is 519 g/mol. The SMILES string of the molecule is CC(O)COC(=O)c1ccc(S(=O)(=O)OCC[PH](c2ccccc2)(c2ccccc2)c2ccccc2)cc1. The molecule has 0 radical (unpaired) electrons. The van der Waals surface area contributed by atoms with Crippen molar-refractivity contribution in [2.75, 3.05) is 19.4 Å². The third-order valence-electron chi connectivity index (χ3n) is 6.35. The number of carbonyl (C=O) groups excluding carboxylic acids is 1. The third-order valence-corrected chi connectivity index (χ3v) is 12.6. The Bertz CT molecular complexity index is 1330. The second-order valence-electron chi connectivity index (χ2n) is 9.00. The molecule has 4 rings (SSSR count). The monoisotopic (exact) mass is 550 g/mol. The fraction of sp³-hybridized carbons (Fsp3) is 0.167. The molecule has 0 amide bonds. The van der Waals surface area contributed by atoms with Gasteiger partial charge in [0.25, 0.3) is 0 Å². The summed E-state index contributed by atoms with van der Waals surface area (Å²) >= 11 is 0. The Hall–Kier alpha value is -3.35. The van der Waals surface area contributed by atoms with E-state index in [0.29, 0.717) is 6.16 Å². The van der Waals surface area contributed by atoms with Crippen LogP contribution in [-0.2, 0) is 19.0 Å². The van der Waals surface area contributed by atoms with E-state index in [9.17, 15) is 18.3 Å². The molecule has 1 atom stereocenters. The summed E-state index contributed by atoms with van der Waals surface area (Å²) in [4.78, 5) is 12.0. The standard InChI is InChI=1S/C30H31O6PS/c1-24(31)23-35-30(32)25-17-19-29(20-18-25)38(33,34)36-21-22-37(26-11-5-2-6-12-26,27-13-7-3-8-14-27)28-15-9-4-10-16-28/h2-20,24,31,37H,21-23H2,1H3. The molecule has 1 N–H and O–H groups in total. The van der Waals surface area contributed by atoms with Gasteiger partial charge in [-0.3, -0.25) is 0 Å². The number of esters is 1. The van der Waals surface area contributed by atoms with Gasteiger partial charge in [-0.15, -0.1) is 0 Å². The fourth-order valence-electron chi connectivity index (χ4n) is 4.51. The van der Waals surface area contributed by atoms with Gasteiger partial charge in [-0.25, -0.2) is 0 Å². The minimum atomic E-state index is -4.07. The second-order valence-corrected chi connectivity index (χ2v) is 14.7. The maximum atomic E-state index is 13.1. The van der Waals surface area contributed by atoms with Crippen molar-refractivity contribution in [2.24, 2.45) is 0 Å². The number of benzene rings is 4. The van der Waals surface area contributed by atoms with Crippen LogP contribution in [-0.4, -0.2) is 45.0 Å². The molecule has 0 fully saturated rings. The van der Waals surface area contributed by atoms with Crippen LogP contribution in [0.4, 0.5) is 0 Å². The van der Waals surface area contributed by atoms with Gasteiger partial charge in [0.05, 0.1) is 0 Å². The van der Waals surface area contributed by atoms with Crippen molar-refractivity contribution in [3.8, 4) is 0 Å². The Morgan fingerprint density at radius 2 is 1.21 bits per heavy atom. The summed E-state index contributed by atoms with van der Waals surface area (Å²) in [6.45, 7) is 1.36. The van der Waals surface area contributed by atoms with Crippen molar-refractivity contribution in [1.29, 1.82) is 0 Å². The molecule has 0 spiro atoms. The van der Waals surface area contributed by atoms with E-state index in [1.807, 2.05) is 54.6 Å². The van der Waals surface area contributed by atoms with Gasteiger partial charge in [0.15, 0.2) is 0 Å². The molecule has 6 nitrogen and oxygen atoms in total. The van der Waals surface area contributed by atoms with Gasteiger partial charge < -0.3 is 5.11 Å². The third kappa shape index (κ3) is 6.37. The molecule has 0 saturated heterocycles. The number of aliphatic hydroxyl groups excluding tert-OH is 1. The van der Waals surface area contributed by atoms with Crippen molar-refractivity contribution < 1.29 is 27.2 Å². The first-order valence-corrected chi connectivity index (χ1v) is 16.0. The number of hydrogen-bond donors (Lipinski definition) is 1. The zero-order chi connectivity index (χ0) is 27.0. The van der Waals surface area contributed by atoms with Crippen molar-refractivity contribution in [2.45, 2.75) is 17.9 Å². The van der Waals surface area contributed by atoms with Gasteiger partial charge in [0.2, 0.25) is 0 Å². The number of ether oxygens (including phenoxy) is 1. The van der Waals surface area contributed by atoms with E-state index < -0.39 is 29.5 Å². The summed E-state index contributed by atoms with van der Waals surface area (Å²) in [5.41, 5.74) is 0.188. The summed E-state index contributed by atoms with van der Waals surface area (Å²) in [6.07, 6.45) is -0.279. The van der Waals surface area contributed by atoms with E-state index in [0.717, 1.165) is 0 Å². The van der Waals surface area contributed by atoms with Crippen LogP contribution in [0, 0.1) is 0 Å². The number of hydrogen-bond acceptors (Lipinski definition) is 6. The summed E-state index contributed by atoms with van der Waals surface area (Å²) in [5.74, 6) is -0.639. The van der Waals surface area contributed by atoms with Gasteiger partial charge >= 0.3 is 213 Å². The van der Waals surface area contributed by atoms with Crippen molar-refractivity contribution in [1.82, 2.24) is 0 Å². The predicted octanol–water partition coefficient (Wildman–Crippen LogP) is 3.66. The Kier molecular flexibility index (Phi) is 9.08. The molecule has 4 aromatic carbocycles. The Labute approximate surface area is 224 Å². The molecule has 0 aromatic heterocycles. The van der Waals surface area contributed by atoms with E-state index in [1.54, 1.807) is 0 Å². The van der Waals surface area contributed by atoms with Crippen LogP contribution in [0.5, 0.6) is 0 Å². The maximum absolute atomic E-state index is 13.1. The van der Waals surface area contributed by atoms with Gasteiger partial charge in [-0.1, -0.05) is 0 Å². The number of rotatable bonds is 11. The molecule has 0 saturated carbocycles. The summed E-state index contributed by atoms with van der Waals surface area (Å²) in [5, 5.41) is 12.8. The molecule has 0 bridgehead atoms. The van der Waals surface area contributed by atoms with Crippen LogP contribution in [0.2, 0.25) is 0 Å². The van der Waals surface area contributed by atoms with E-state index in [2.05, 4.69) is 36.4 Å². The first kappa shape index (κ1) is 27.7. The molecular formula is C30H31O6PS. The van der Waals surface area contributed by atoms with Crippen LogP contribution in [0.1, 0.15) is 17.3 Å². The van der Waals surface area contributed by atoms with E-state index in [-0.39, 0.29) is 23.7 Å². The molecule has 0 heterocycles. The van der Waals surface area contributed by atoms with Crippen molar-refractivity contribution in [3.63, 3.8) is 0 Å². The molecule has 0 aliphatic heterocycles. The van der Waals surface area contributed by atoms with Gasteiger partial charge in [-0.2, -0.15) is 0 Å². The van der Waals surface area contributed by atoms with Crippen LogP contribution in [0.15, 0.2) is 120 Å². The van der Waals surface area contributed by atoms with Crippen LogP contribution in [0.3, 0.4) is 0 Å². The summed E-state index contributed by atoms with van der Waals surface area (Å²) < 4.78 is 36.7. The van der Waals surface area contributed by atoms with E-state index in [4.69, 9.17) is 8.92 Å². The second kappa shape index (κ2) is 12.5. The minimum absolute atomic E-state index is 0.00851. The molecule has 4 aromatic rings. The Morgan fingerprint density at radius 1 is 0.763 bits per heavy atom. The van der Waals surface area contributed by atoms with E-state index >= 15 is 0 Å². The number of carbonyl (C=O) groups is 1. The van der Waals surface area contributed by atoms with Gasteiger partial charge in [0, 0.05) is 0 Å². The topological polar surface area (TPSA) is 89.9 Å². The van der Waals surface area contributed by atoms with Crippen molar-refractivity contribution in [3.05, 3.63) is 121 Å². The molecule has 0 aliphatic rings. The van der Waals surface area contributed by atoms with Crippen LogP contribution >= 0.6 is 7.26 Å². The Balaban J connectivity index is 1.60. The summed E-state index contributed by atoms with van der Waals surface area (Å²) in [6, 6.07) is 36.0. The average molecular weight is 551 g/mol. The predicted molar refractivity (Wildman–Crippen MR) is 153 cm³/mol. The van der Waals surface area contributed by atoms with Crippen molar-refractivity contribution >= 4 is 39.3 Å². The zero-order valence-electron chi connectivity index (χ0n) is 21.1.